The van der Waals surface area contributed by atoms with Gasteiger partial charge in [0.2, 0.25) is 0 Å². The monoisotopic (exact) mass is 367 g/mol. The third kappa shape index (κ3) is 3.99. The van der Waals surface area contributed by atoms with Crippen LogP contribution < -0.4 is 10.1 Å². The summed E-state index contributed by atoms with van der Waals surface area (Å²) in [4.78, 5) is 12.2. The predicted molar refractivity (Wildman–Crippen MR) is 88.0 cm³/mol. The number of ether oxygens (including phenoxy) is 1. The van der Waals surface area contributed by atoms with Crippen molar-refractivity contribution in [1.29, 1.82) is 0 Å². The van der Waals surface area contributed by atoms with Crippen LogP contribution in [0.15, 0.2) is 46.9 Å². The van der Waals surface area contributed by atoms with Crippen molar-refractivity contribution in [3.8, 4) is 5.75 Å². The van der Waals surface area contributed by atoms with Crippen LogP contribution in [0.1, 0.15) is 28.9 Å². The minimum atomic E-state index is -0.150. The van der Waals surface area contributed by atoms with Gasteiger partial charge in [0.05, 0.1) is 18.2 Å². The number of amides is 1. The molecule has 1 atom stereocenters. The van der Waals surface area contributed by atoms with E-state index >= 15 is 0 Å². The lowest BCUT2D eigenvalue weighted by atomic mass is 10.1. The Morgan fingerprint density at radius 2 is 2.05 bits per heavy atom. The zero-order valence-electron chi connectivity index (χ0n) is 11.7. The van der Waals surface area contributed by atoms with Crippen LogP contribution in [0.25, 0.3) is 0 Å². The molecule has 2 aromatic rings. The van der Waals surface area contributed by atoms with Gasteiger partial charge in [0.25, 0.3) is 5.91 Å². The summed E-state index contributed by atoms with van der Waals surface area (Å²) in [5.74, 6) is 0.616. The molecule has 0 heterocycles. The first-order valence-corrected chi connectivity index (χ1v) is 7.58. The van der Waals surface area contributed by atoms with E-state index in [1.165, 1.54) is 0 Å². The van der Waals surface area contributed by atoms with E-state index in [0.717, 1.165) is 11.3 Å². The summed E-state index contributed by atoms with van der Waals surface area (Å²) in [6.45, 7) is 1.93. The van der Waals surface area contributed by atoms with Crippen molar-refractivity contribution in [3.05, 3.63) is 63.1 Å². The van der Waals surface area contributed by atoms with Crippen LogP contribution in [0.5, 0.6) is 5.75 Å². The van der Waals surface area contributed by atoms with Gasteiger partial charge < -0.3 is 10.1 Å². The van der Waals surface area contributed by atoms with Gasteiger partial charge in [-0.3, -0.25) is 4.79 Å². The quantitative estimate of drug-likeness (QED) is 0.856. The molecule has 110 valence electrons. The number of methoxy groups -OCH3 is 1. The van der Waals surface area contributed by atoms with E-state index in [-0.39, 0.29) is 11.9 Å². The summed E-state index contributed by atoms with van der Waals surface area (Å²) in [7, 11) is 1.62. The maximum Gasteiger partial charge on any atom is 0.251 e. The fourth-order valence-electron chi connectivity index (χ4n) is 1.91. The summed E-state index contributed by atoms with van der Waals surface area (Å²) in [6, 6.07) is 12.6. The van der Waals surface area contributed by atoms with Crippen molar-refractivity contribution in [1.82, 2.24) is 5.32 Å². The lowest BCUT2D eigenvalue weighted by Crippen LogP contribution is -2.26. The van der Waals surface area contributed by atoms with Crippen molar-refractivity contribution < 1.29 is 9.53 Å². The molecule has 0 aliphatic heterocycles. The highest BCUT2D eigenvalue weighted by atomic mass is 79.9. The normalized spacial score (nSPS) is 11.8. The Morgan fingerprint density at radius 1 is 1.29 bits per heavy atom. The molecule has 0 saturated heterocycles. The molecule has 0 aromatic heterocycles. The van der Waals surface area contributed by atoms with Gasteiger partial charge in [0, 0.05) is 10.0 Å². The van der Waals surface area contributed by atoms with Crippen LogP contribution in [-0.2, 0) is 0 Å². The molecule has 1 amide bonds. The van der Waals surface area contributed by atoms with E-state index in [0.29, 0.717) is 15.1 Å². The molecule has 3 nitrogen and oxygen atoms in total. The van der Waals surface area contributed by atoms with Crippen LogP contribution in [0.2, 0.25) is 5.02 Å². The lowest BCUT2D eigenvalue weighted by Gasteiger charge is -2.15. The zero-order chi connectivity index (χ0) is 15.4. The van der Waals surface area contributed by atoms with Crippen molar-refractivity contribution in [2.75, 3.05) is 7.11 Å². The molecule has 0 bridgehead atoms. The second-order valence-corrected chi connectivity index (χ2v) is 5.86. The topological polar surface area (TPSA) is 38.3 Å². The standard InChI is InChI=1S/C16H15BrClNO2/c1-10(11-4-3-5-13(8-11)21-2)19-16(20)12-6-7-15(18)14(17)9-12/h3-10H,1-2H3,(H,19,20). The Bertz CT molecular complexity index is 660. The first-order chi connectivity index (χ1) is 10.0. The number of hydrogen-bond acceptors (Lipinski definition) is 2. The minimum Gasteiger partial charge on any atom is -0.497 e. The van der Waals surface area contributed by atoms with E-state index in [2.05, 4.69) is 21.2 Å². The van der Waals surface area contributed by atoms with Crippen LogP contribution in [0.4, 0.5) is 0 Å². The van der Waals surface area contributed by atoms with E-state index in [1.54, 1.807) is 25.3 Å². The van der Waals surface area contributed by atoms with Gasteiger partial charge in [-0.1, -0.05) is 23.7 Å². The molecular weight excluding hydrogens is 354 g/mol. The molecule has 0 aliphatic rings. The van der Waals surface area contributed by atoms with E-state index in [4.69, 9.17) is 16.3 Å². The Labute approximate surface area is 137 Å². The summed E-state index contributed by atoms with van der Waals surface area (Å²) in [5, 5.41) is 3.53. The Kier molecular flexibility index (Phi) is 5.26. The highest BCUT2D eigenvalue weighted by Gasteiger charge is 2.13. The number of halogens is 2. The molecule has 0 saturated carbocycles. The second kappa shape index (κ2) is 6.96. The summed E-state index contributed by atoms with van der Waals surface area (Å²) in [5.41, 5.74) is 1.54. The average Bonchev–Trinajstić information content (AvgIpc) is 2.49. The second-order valence-electron chi connectivity index (χ2n) is 4.60. The van der Waals surface area contributed by atoms with Gasteiger partial charge in [0.1, 0.15) is 5.75 Å². The van der Waals surface area contributed by atoms with Crippen LogP contribution >= 0.6 is 27.5 Å². The number of nitrogens with one attached hydrogen (secondary N) is 1. The molecule has 1 N–H and O–H groups in total. The largest absolute Gasteiger partial charge is 0.497 e. The average molecular weight is 369 g/mol. The van der Waals surface area contributed by atoms with Crippen LogP contribution in [0, 0.1) is 0 Å². The van der Waals surface area contributed by atoms with Gasteiger partial charge >= 0.3 is 0 Å². The van der Waals surface area contributed by atoms with Crippen LogP contribution in [-0.4, -0.2) is 13.0 Å². The molecule has 5 heteroatoms. The molecule has 0 spiro atoms. The summed E-state index contributed by atoms with van der Waals surface area (Å²) in [6.07, 6.45) is 0. The molecular formula is C16H15BrClNO2. The van der Waals surface area contributed by atoms with Crippen LogP contribution in [0.3, 0.4) is 0 Å². The summed E-state index contributed by atoms with van der Waals surface area (Å²) >= 11 is 9.24. The Balaban J connectivity index is 2.12. The molecule has 0 radical (unpaired) electrons. The van der Waals surface area contributed by atoms with E-state index < -0.39 is 0 Å². The number of carbonyl (C=O) groups is 1. The molecule has 1 unspecified atom stereocenters. The molecule has 2 aromatic carbocycles. The Hall–Kier alpha value is -1.52. The minimum absolute atomic E-state index is 0.123. The zero-order valence-corrected chi connectivity index (χ0v) is 14.0. The third-order valence-electron chi connectivity index (χ3n) is 3.12. The van der Waals surface area contributed by atoms with Gasteiger partial charge in [-0.25, -0.2) is 0 Å². The van der Waals surface area contributed by atoms with Gasteiger partial charge in [0.15, 0.2) is 0 Å². The smallest absolute Gasteiger partial charge is 0.251 e. The number of hydrogen-bond donors (Lipinski definition) is 1. The first kappa shape index (κ1) is 15.9. The van der Waals surface area contributed by atoms with Crippen molar-refractivity contribution in [2.45, 2.75) is 13.0 Å². The molecule has 0 fully saturated rings. The molecule has 0 aliphatic carbocycles. The maximum atomic E-state index is 12.2. The van der Waals surface area contributed by atoms with Crippen molar-refractivity contribution in [2.24, 2.45) is 0 Å². The predicted octanol–water partition coefficient (Wildman–Crippen LogP) is 4.60. The molecule has 21 heavy (non-hydrogen) atoms. The number of carbonyl (C=O) groups excluding carboxylic acids is 1. The summed E-state index contributed by atoms with van der Waals surface area (Å²) < 4.78 is 5.89. The number of benzene rings is 2. The van der Waals surface area contributed by atoms with Crippen molar-refractivity contribution in [3.63, 3.8) is 0 Å². The Morgan fingerprint density at radius 3 is 2.71 bits per heavy atom. The van der Waals surface area contributed by atoms with Gasteiger partial charge in [-0.15, -0.1) is 0 Å². The van der Waals surface area contributed by atoms with Gasteiger partial charge in [-0.2, -0.15) is 0 Å². The fraction of sp³-hybridized carbons (Fsp3) is 0.188. The lowest BCUT2D eigenvalue weighted by molar-refractivity contribution is 0.0940. The van der Waals surface area contributed by atoms with E-state index in [9.17, 15) is 4.79 Å². The highest BCUT2D eigenvalue weighted by Crippen LogP contribution is 2.24. The SMILES string of the molecule is COc1cccc(C(C)NC(=O)c2ccc(Cl)c(Br)c2)c1. The number of rotatable bonds is 4. The fourth-order valence-corrected chi connectivity index (χ4v) is 2.41. The van der Waals surface area contributed by atoms with Gasteiger partial charge in [-0.05, 0) is 58.7 Å². The highest BCUT2D eigenvalue weighted by molar-refractivity contribution is 9.10. The maximum absolute atomic E-state index is 12.2. The van der Waals surface area contributed by atoms with Crippen molar-refractivity contribution >= 4 is 33.4 Å². The van der Waals surface area contributed by atoms with E-state index in [1.807, 2.05) is 31.2 Å². The molecule has 2 rings (SSSR count). The third-order valence-corrected chi connectivity index (χ3v) is 4.34. The first-order valence-electron chi connectivity index (χ1n) is 6.41.